The molecule has 10 heteroatoms. The Morgan fingerprint density at radius 1 is 1.24 bits per heavy atom. The fraction of sp³-hybridized carbons (Fsp3) is 0.625. The molecule has 1 N–H and O–H groups in total. The topological polar surface area (TPSA) is 93.6 Å². The smallest absolute Gasteiger partial charge is 0.247 e. The zero-order chi connectivity index (χ0) is 25.6. The lowest BCUT2D eigenvalue weighted by molar-refractivity contribution is -0.132. The molecule has 1 aromatic rings. The lowest BCUT2D eigenvalue weighted by atomic mass is 10.0. The Kier molecular flexibility index (Phi) is 9.91. The quantitative estimate of drug-likeness (QED) is 0.548. The average molecular weight is 495 g/mol. The summed E-state index contributed by atoms with van der Waals surface area (Å²) in [6, 6.07) is 4.21. The number of sulfonamides is 1. The van der Waals surface area contributed by atoms with E-state index in [-0.39, 0.29) is 42.2 Å². The van der Waals surface area contributed by atoms with Crippen LogP contribution in [0.15, 0.2) is 23.1 Å². The second kappa shape index (κ2) is 12.0. The lowest BCUT2D eigenvalue weighted by Gasteiger charge is -2.37. The van der Waals surface area contributed by atoms with Crippen molar-refractivity contribution in [1.29, 1.82) is 0 Å². The van der Waals surface area contributed by atoms with E-state index in [0.29, 0.717) is 18.7 Å². The summed E-state index contributed by atoms with van der Waals surface area (Å²) in [7, 11) is 5.29. The number of aliphatic hydroxyl groups is 1. The van der Waals surface area contributed by atoms with Gasteiger partial charge in [-0.1, -0.05) is 18.8 Å². The van der Waals surface area contributed by atoms with E-state index in [9.17, 15) is 18.3 Å². The molecule has 0 saturated heterocycles. The van der Waals surface area contributed by atoms with E-state index >= 15 is 0 Å². The molecule has 0 spiro atoms. The maximum atomic E-state index is 13.5. The number of aliphatic hydroxyl groups excluding tert-OH is 1. The van der Waals surface area contributed by atoms with Gasteiger partial charge in [0.2, 0.25) is 15.9 Å². The molecule has 0 unspecified atom stereocenters. The molecule has 0 aromatic heterocycles. The Morgan fingerprint density at radius 3 is 2.50 bits per heavy atom. The van der Waals surface area contributed by atoms with Gasteiger partial charge in [0.15, 0.2) is 0 Å². The minimum atomic E-state index is -3.92. The first-order chi connectivity index (χ1) is 15.9. The predicted octanol–water partition coefficient (Wildman–Crippen LogP) is 0.388. The van der Waals surface area contributed by atoms with E-state index in [0.717, 1.165) is 0 Å². The number of ether oxygens (including phenoxy) is 1. The third kappa shape index (κ3) is 7.17. The molecule has 0 fully saturated rings. The number of nitrogens with zero attached hydrogens (tertiary/aromatic N) is 4. The van der Waals surface area contributed by atoms with Gasteiger partial charge in [0.25, 0.3) is 0 Å². The van der Waals surface area contributed by atoms with Gasteiger partial charge >= 0.3 is 0 Å². The first-order valence-electron chi connectivity index (χ1n) is 11.3. The predicted molar refractivity (Wildman–Crippen MR) is 132 cm³/mol. The summed E-state index contributed by atoms with van der Waals surface area (Å²) in [5.41, 5.74) is 0.640. The van der Waals surface area contributed by atoms with Crippen molar-refractivity contribution in [3.8, 4) is 17.6 Å². The minimum absolute atomic E-state index is 0.0325. The first-order valence-corrected chi connectivity index (χ1v) is 12.8. The SMILES string of the molecule is C[C@@H]1CN([C@@H](C)CO)S(=O)(=O)c2ccc(C#CCN(C)C)cc2O[C@H]1CN(C)C(=O)CN(C)C. The van der Waals surface area contributed by atoms with Crippen LogP contribution < -0.4 is 4.74 Å². The van der Waals surface area contributed by atoms with E-state index in [2.05, 4.69) is 11.8 Å². The highest BCUT2D eigenvalue weighted by atomic mass is 32.2. The number of likely N-dealkylation sites (N-methyl/N-ethyl adjacent to an activating group) is 2. The molecule has 2 rings (SSSR count). The molecule has 0 bridgehead atoms. The molecule has 1 aliphatic heterocycles. The molecule has 1 amide bonds. The number of rotatable bonds is 7. The number of hydrogen-bond donors (Lipinski definition) is 1. The van der Waals surface area contributed by atoms with Crippen molar-refractivity contribution in [2.75, 3.05) is 68.0 Å². The zero-order valence-electron chi connectivity index (χ0n) is 21.3. The molecule has 0 radical (unpaired) electrons. The zero-order valence-corrected chi connectivity index (χ0v) is 22.1. The molecule has 190 valence electrons. The molecule has 1 aliphatic rings. The van der Waals surface area contributed by atoms with Crippen molar-refractivity contribution in [3.63, 3.8) is 0 Å². The van der Waals surface area contributed by atoms with Crippen LogP contribution in [-0.2, 0) is 14.8 Å². The molecule has 1 heterocycles. The Morgan fingerprint density at radius 2 is 1.91 bits per heavy atom. The first kappa shape index (κ1) is 28.1. The van der Waals surface area contributed by atoms with E-state index < -0.39 is 22.2 Å². The minimum Gasteiger partial charge on any atom is -0.487 e. The summed E-state index contributed by atoms with van der Waals surface area (Å²) in [4.78, 5) is 17.9. The number of fused-ring (bicyclic) bond motifs is 1. The van der Waals surface area contributed by atoms with Gasteiger partial charge in [-0.3, -0.25) is 9.69 Å². The molecule has 0 aliphatic carbocycles. The number of amides is 1. The fourth-order valence-corrected chi connectivity index (χ4v) is 5.41. The van der Waals surface area contributed by atoms with E-state index in [1.54, 1.807) is 35.9 Å². The van der Waals surface area contributed by atoms with Gasteiger partial charge in [-0.2, -0.15) is 4.31 Å². The fourth-order valence-electron chi connectivity index (χ4n) is 3.58. The highest BCUT2D eigenvalue weighted by Crippen LogP contribution is 2.34. The van der Waals surface area contributed by atoms with Crippen LogP contribution in [0.4, 0.5) is 0 Å². The van der Waals surface area contributed by atoms with Crippen molar-refractivity contribution in [2.45, 2.75) is 30.9 Å². The van der Waals surface area contributed by atoms with Crippen LogP contribution in [0.1, 0.15) is 19.4 Å². The highest BCUT2D eigenvalue weighted by molar-refractivity contribution is 7.89. The highest BCUT2D eigenvalue weighted by Gasteiger charge is 2.38. The molecule has 9 nitrogen and oxygen atoms in total. The Hall–Kier alpha value is -2.16. The Labute approximate surface area is 204 Å². The van der Waals surface area contributed by atoms with Gasteiger partial charge in [0, 0.05) is 31.1 Å². The normalized spacial score (nSPS) is 21.0. The number of benzene rings is 1. The number of carbonyl (C=O) groups is 1. The molecule has 34 heavy (non-hydrogen) atoms. The van der Waals surface area contributed by atoms with E-state index in [1.807, 2.05) is 40.0 Å². The maximum absolute atomic E-state index is 13.5. The molecular weight excluding hydrogens is 456 g/mol. The van der Waals surface area contributed by atoms with Gasteiger partial charge in [-0.15, -0.1) is 0 Å². The van der Waals surface area contributed by atoms with Crippen molar-refractivity contribution in [1.82, 2.24) is 19.0 Å². The second-order valence-corrected chi connectivity index (χ2v) is 11.3. The standard InChI is InChI=1S/C24H38N4O5S/c1-18-14-28(19(2)17-29)34(31,32)23-11-10-20(9-8-12-25(3)4)13-21(23)33-22(18)15-27(7)24(30)16-26(5)6/h10-11,13,18-19,22,29H,12,14-17H2,1-7H3/t18-,19+,22+/m1/s1. The van der Waals surface area contributed by atoms with Gasteiger partial charge < -0.3 is 19.6 Å². The van der Waals surface area contributed by atoms with Gasteiger partial charge in [0.05, 0.1) is 26.2 Å². The van der Waals surface area contributed by atoms with Crippen molar-refractivity contribution in [2.24, 2.45) is 5.92 Å². The van der Waals surface area contributed by atoms with Crippen LogP contribution in [0.5, 0.6) is 5.75 Å². The van der Waals surface area contributed by atoms with Crippen LogP contribution in [0.25, 0.3) is 0 Å². The number of hydrogen-bond acceptors (Lipinski definition) is 7. The Balaban J connectivity index is 2.50. The summed E-state index contributed by atoms with van der Waals surface area (Å²) in [6.45, 7) is 4.56. The van der Waals surface area contributed by atoms with Crippen molar-refractivity contribution in [3.05, 3.63) is 23.8 Å². The van der Waals surface area contributed by atoms with Gasteiger partial charge in [-0.25, -0.2) is 8.42 Å². The Bertz CT molecular complexity index is 1020. The second-order valence-electron chi connectivity index (χ2n) is 9.45. The molecule has 3 atom stereocenters. The van der Waals surface area contributed by atoms with Gasteiger partial charge in [-0.05, 0) is 53.3 Å². The summed E-state index contributed by atoms with van der Waals surface area (Å²) < 4.78 is 34.6. The van der Waals surface area contributed by atoms with Crippen LogP contribution in [0.2, 0.25) is 0 Å². The summed E-state index contributed by atoms with van der Waals surface area (Å²) in [6.07, 6.45) is -0.455. The third-order valence-electron chi connectivity index (χ3n) is 5.63. The van der Waals surface area contributed by atoms with Crippen LogP contribution >= 0.6 is 0 Å². The third-order valence-corrected chi connectivity index (χ3v) is 7.65. The van der Waals surface area contributed by atoms with E-state index in [1.165, 1.54) is 10.4 Å². The average Bonchev–Trinajstić information content (AvgIpc) is 2.74. The van der Waals surface area contributed by atoms with E-state index in [4.69, 9.17) is 4.74 Å². The van der Waals surface area contributed by atoms with Gasteiger partial charge in [0.1, 0.15) is 16.7 Å². The molecule has 1 aromatic carbocycles. The largest absolute Gasteiger partial charge is 0.487 e. The van der Waals surface area contributed by atoms with Crippen molar-refractivity contribution >= 4 is 15.9 Å². The summed E-state index contributed by atoms with van der Waals surface area (Å²) in [5.74, 6) is 6.01. The summed E-state index contributed by atoms with van der Waals surface area (Å²) >= 11 is 0. The lowest BCUT2D eigenvalue weighted by Crippen LogP contribution is -2.50. The van der Waals surface area contributed by atoms with Crippen molar-refractivity contribution < 1.29 is 23.1 Å². The molecule has 0 saturated carbocycles. The summed E-state index contributed by atoms with van der Waals surface area (Å²) in [5, 5.41) is 9.75. The van der Waals surface area contributed by atoms with Crippen LogP contribution in [0, 0.1) is 17.8 Å². The van der Waals surface area contributed by atoms with Crippen LogP contribution in [-0.4, -0.2) is 119 Å². The van der Waals surface area contributed by atoms with Crippen LogP contribution in [0.3, 0.4) is 0 Å². The maximum Gasteiger partial charge on any atom is 0.247 e. The number of carbonyl (C=O) groups excluding carboxylic acids is 1. The monoisotopic (exact) mass is 494 g/mol. The molecular formula is C24H38N4O5S.